The molecule has 1 heterocycles. The first kappa shape index (κ1) is 15.8. The van der Waals surface area contributed by atoms with Gasteiger partial charge >= 0.3 is 0 Å². The molecule has 116 valence electrons. The molecule has 1 amide bonds. The van der Waals surface area contributed by atoms with E-state index in [-0.39, 0.29) is 5.92 Å². The minimum Gasteiger partial charge on any atom is -0.338 e. The highest BCUT2D eigenvalue weighted by Gasteiger charge is 2.35. The van der Waals surface area contributed by atoms with Gasteiger partial charge in [0.25, 0.3) is 0 Å². The zero-order valence-electron chi connectivity index (χ0n) is 13.7. The van der Waals surface area contributed by atoms with Crippen molar-refractivity contribution in [3.8, 4) is 0 Å². The minimum absolute atomic E-state index is 0.286. The number of likely N-dealkylation sites (N-methyl/N-ethyl adjacent to an activating group) is 1. The lowest BCUT2D eigenvalue weighted by Gasteiger charge is -2.38. The molecule has 0 aromatic carbocycles. The summed E-state index contributed by atoms with van der Waals surface area (Å²) in [5, 5.41) is 3.38. The van der Waals surface area contributed by atoms with E-state index in [1.165, 1.54) is 12.8 Å². The molecule has 0 spiro atoms. The number of amides is 1. The molecule has 0 bridgehead atoms. The maximum Gasteiger partial charge on any atom is 0.225 e. The van der Waals surface area contributed by atoms with Gasteiger partial charge in [-0.2, -0.15) is 0 Å². The topological polar surface area (TPSA) is 32.3 Å². The molecule has 1 unspecified atom stereocenters. The van der Waals surface area contributed by atoms with E-state index in [2.05, 4.69) is 37.9 Å². The van der Waals surface area contributed by atoms with Crippen molar-refractivity contribution in [2.45, 2.75) is 65.8 Å². The fraction of sp³-hybridized carbons (Fsp3) is 0.941. The maximum absolute atomic E-state index is 12.8. The number of hydrogen-bond acceptors (Lipinski definition) is 2. The molecule has 3 heteroatoms. The Kier molecular flexibility index (Phi) is 5.11. The zero-order valence-corrected chi connectivity index (χ0v) is 13.7. The monoisotopic (exact) mass is 280 g/mol. The Bertz CT molecular complexity index is 320. The largest absolute Gasteiger partial charge is 0.338 e. The molecule has 1 aliphatic carbocycles. The van der Waals surface area contributed by atoms with E-state index >= 15 is 0 Å². The summed E-state index contributed by atoms with van der Waals surface area (Å²) in [6.07, 6.45) is 5.76. The van der Waals surface area contributed by atoms with E-state index in [4.69, 9.17) is 0 Å². The Morgan fingerprint density at radius 2 is 1.80 bits per heavy atom. The molecular formula is C17H32N2O. The fourth-order valence-corrected chi connectivity index (χ4v) is 3.94. The van der Waals surface area contributed by atoms with Crippen LogP contribution in [0.25, 0.3) is 0 Å². The van der Waals surface area contributed by atoms with Crippen molar-refractivity contribution < 1.29 is 4.79 Å². The molecule has 1 N–H and O–H groups in total. The van der Waals surface area contributed by atoms with E-state index in [1.54, 1.807) is 0 Å². The van der Waals surface area contributed by atoms with Gasteiger partial charge in [0.15, 0.2) is 0 Å². The van der Waals surface area contributed by atoms with E-state index in [1.807, 2.05) is 0 Å². The van der Waals surface area contributed by atoms with Crippen LogP contribution in [0.5, 0.6) is 0 Å². The summed E-state index contributed by atoms with van der Waals surface area (Å²) in [6.45, 7) is 12.0. The Morgan fingerprint density at radius 1 is 1.15 bits per heavy atom. The van der Waals surface area contributed by atoms with Crippen molar-refractivity contribution in [3.05, 3.63) is 0 Å². The van der Waals surface area contributed by atoms with E-state index in [0.29, 0.717) is 17.4 Å². The highest BCUT2D eigenvalue weighted by molar-refractivity contribution is 5.79. The fourth-order valence-electron chi connectivity index (χ4n) is 3.94. The van der Waals surface area contributed by atoms with Crippen molar-refractivity contribution in [1.82, 2.24) is 10.2 Å². The zero-order chi connectivity index (χ0) is 14.8. The molecule has 2 rings (SSSR count). The van der Waals surface area contributed by atoms with Gasteiger partial charge in [0.1, 0.15) is 0 Å². The summed E-state index contributed by atoms with van der Waals surface area (Å²) in [5.41, 5.74) is 0.397. The number of rotatable bonds is 3. The van der Waals surface area contributed by atoms with E-state index < -0.39 is 0 Å². The van der Waals surface area contributed by atoms with E-state index in [9.17, 15) is 4.79 Å². The summed E-state index contributed by atoms with van der Waals surface area (Å²) >= 11 is 0. The van der Waals surface area contributed by atoms with Gasteiger partial charge in [-0.1, -0.05) is 20.8 Å². The first-order valence-electron chi connectivity index (χ1n) is 8.44. The molecule has 2 fully saturated rings. The van der Waals surface area contributed by atoms with Crippen molar-refractivity contribution in [2.75, 3.05) is 19.6 Å². The smallest absolute Gasteiger partial charge is 0.225 e. The van der Waals surface area contributed by atoms with Gasteiger partial charge in [0.2, 0.25) is 5.91 Å². The van der Waals surface area contributed by atoms with Crippen LogP contribution in [0.3, 0.4) is 0 Å². The van der Waals surface area contributed by atoms with Crippen LogP contribution in [-0.4, -0.2) is 36.5 Å². The van der Waals surface area contributed by atoms with Gasteiger partial charge in [-0.25, -0.2) is 0 Å². The van der Waals surface area contributed by atoms with Gasteiger partial charge in [-0.3, -0.25) is 4.79 Å². The average molecular weight is 280 g/mol. The second kappa shape index (κ2) is 6.46. The van der Waals surface area contributed by atoms with Crippen LogP contribution < -0.4 is 5.32 Å². The highest BCUT2D eigenvalue weighted by Crippen LogP contribution is 2.40. The quantitative estimate of drug-likeness (QED) is 0.862. The van der Waals surface area contributed by atoms with Gasteiger partial charge < -0.3 is 10.2 Å². The lowest BCUT2D eigenvalue weighted by Crippen LogP contribution is -2.45. The molecule has 1 saturated carbocycles. The SMILES string of the molecule is CCN(C(=O)C1CCC(C(C)(C)C)CC1)C1CCNC1. The normalized spacial score (nSPS) is 31.3. The first-order valence-corrected chi connectivity index (χ1v) is 8.44. The van der Waals surface area contributed by atoms with Crippen LogP contribution in [-0.2, 0) is 4.79 Å². The van der Waals surface area contributed by atoms with Gasteiger partial charge in [0.05, 0.1) is 0 Å². The molecule has 0 aromatic heterocycles. The first-order chi connectivity index (χ1) is 9.43. The minimum atomic E-state index is 0.286. The van der Waals surface area contributed by atoms with Crippen molar-refractivity contribution in [1.29, 1.82) is 0 Å². The number of carbonyl (C=O) groups excluding carboxylic acids is 1. The van der Waals surface area contributed by atoms with Crippen LogP contribution >= 0.6 is 0 Å². The van der Waals surface area contributed by atoms with Crippen LogP contribution in [0.15, 0.2) is 0 Å². The summed E-state index contributed by atoms with van der Waals surface area (Å²) in [6, 6.07) is 0.438. The number of nitrogens with one attached hydrogen (secondary N) is 1. The van der Waals surface area contributed by atoms with E-state index in [0.717, 1.165) is 44.8 Å². The Morgan fingerprint density at radius 3 is 2.25 bits per heavy atom. The third-order valence-electron chi connectivity index (χ3n) is 5.40. The molecule has 0 aromatic rings. The van der Waals surface area contributed by atoms with Crippen LogP contribution in [0, 0.1) is 17.3 Å². The van der Waals surface area contributed by atoms with Crippen molar-refractivity contribution >= 4 is 5.91 Å². The van der Waals surface area contributed by atoms with Crippen molar-refractivity contribution in [2.24, 2.45) is 17.3 Å². The Labute approximate surface area is 124 Å². The standard InChI is InChI=1S/C17H32N2O/c1-5-19(15-10-11-18-12-15)16(20)13-6-8-14(9-7-13)17(2,3)4/h13-15,18H,5-12H2,1-4H3. The summed E-state index contributed by atoms with van der Waals surface area (Å²) in [5.74, 6) is 1.50. The predicted molar refractivity (Wildman–Crippen MR) is 83.6 cm³/mol. The lowest BCUT2D eigenvalue weighted by molar-refractivity contribution is -0.139. The molecule has 0 radical (unpaired) electrons. The van der Waals surface area contributed by atoms with Gasteiger partial charge in [-0.05, 0) is 56.9 Å². The molecule has 20 heavy (non-hydrogen) atoms. The average Bonchev–Trinajstić information content (AvgIpc) is 2.92. The summed E-state index contributed by atoms with van der Waals surface area (Å²) in [4.78, 5) is 14.9. The molecule has 2 aliphatic rings. The Balaban J connectivity index is 1.90. The molecule has 1 atom stereocenters. The molecule has 3 nitrogen and oxygen atoms in total. The lowest BCUT2D eigenvalue weighted by atomic mass is 9.69. The predicted octanol–water partition coefficient (Wildman–Crippen LogP) is 3.05. The molecule has 1 saturated heterocycles. The third-order valence-corrected chi connectivity index (χ3v) is 5.40. The third kappa shape index (κ3) is 3.55. The summed E-state index contributed by atoms with van der Waals surface area (Å²) in [7, 11) is 0. The van der Waals surface area contributed by atoms with Gasteiger partial charge in [-0.15, -0.1) is 0 Å². The number of hydrogen-bond donors (Lipinski definition) is 1. The Hall–Kier alpha value is -0.570. The van der Waals surface area contributed by atoms with Crippen LogP contribution in [0.1, 0.15) is 59.8 Å². The second-order valence-electron chi connectivity index (χ2n) is 7.69. The van der Waals surface area contributed by atoms with Crippen LogP contribution in [0.2, 0.25) is 0 Å². The highest BCUT2D eigenvalue weighted by atomic mass is 16.2. The molecular weight excluding hydrogens is 248 g/mol. The number of nitrogens with zero attached hydrogens (tertiary/aromatic N) is 1. The summed E-state index contributed by atoms with van der Waals surface area (Å²) < 4.78 is 0. The maximum atomic E-state index is 12.8. The van der Waals surface area contributed by atoms with Crippen molar-refractivity contribution in [3.63, 3.8) is 0 Å². The van der Waals surface area contributed by atoms with Crippen LogP contribution in [0.4, 0.5) is 0 Å². The number of carbonyl (C=O) groups is 1. The molecule has 1 aliphatic heterocycles. The second-order valence-corrected chi connectivity index (χ2v) is 7.69. The van der Waals surface area contributed by atoms with Gasteiger partial charge in [0, 0.05) is 25.0 Å².